The third kappa shape index (κ3) is 7.69. The number of carbonyl (C=O) groups excluding carboxylic acids is 2. The lowest BCUT2D eigenvalue weighted by molar-refractivity contribution is -0.116. The second-order valence-electron chi connectivity index (χ2n) is 8.57. The molecule has 0 bridgehead atoms. The van der Waals surface area contributed by atoms with E-state index in [1.54, 1.807) is 0 Å². The van der Waals surface area contributed by atoms with Crippen LogP contribution < -0.4 is 15.4 Å². The number of thioether (sulfide) groups is 1. The molecule has 8 heteroatoms. The predicted octanol–water partition coefficient (Wildman–Crippen LogP) is 7.81. The van der Waals surface area contributed by atoms with Gasteiger partial charge in [-0.1, -0.05) is 49.7 Å². The van der Waals surface area contributed by atoms with E-state index in [4.69, 9.17) is 4.74 Å². The van der Waals surface area contributed by atoms with Crippen LogP contribution in [0, 0.1) is 0 Å². The van der Waals surface area contributed by atoms with Gasteiger partial charge in [-0.15, -0.1) is 23.1 Å². The standard InChI is InChI=1S/C30H31N3O3S2/c1-3-5-14-27(34)31-23-12-9-13-25(19-23)38-28(22-10-7-6-8-11-22)29(35)33-30-32-26(20-37-30)21-15-17-24(18-16-21)36-4-2/h6-13,15-20,28H,3-5,14H2,1-2H3,(H,31,34)(H,32,33,35). The molecular weight excluding hydrogens is 514 g/mol. The zero-order valence-electron chi connectivity index (χ0n) is 21.5. The Morgan fingerprint density at radius 2 is 1.76 bits per heavy atom. The third-order valence-electron chi connectivity index (χ3n) is 5.66. The second-order valence-corrected chi connectivity index (χ2v) is 10.6. The number of thiazole rings is 1. The molecule has 2 N–H and O–H groups in total. The molecule has 1 atom stereocenters. The van der Waals surface area contributed by atoms with Gasteiger partial charge in [0.2, 0.25) is 11.8 Å². The smallest absolute Gasteiger partial charge is 0.244 e. The first-order valence-electron chi connectivity index (χ1n) is 12.7. The molecule has 1 heterocycles. The molecule has 0 saturated heterocycles. The maximum Gasteiger partial charge on any atom is 0.244 e. The number of hydrogen-bond acceptors (Lipinski definition) is 6. The molecule has 0 aliphatic carbocycles. The molecule has 3 aromatic carbocycles. The number of benzene rings is 3. The number of nitrogens with zero attached hydrogens (tertiary/aromatic N) is 1. The van der Waals surface area contributed by atoms with Crippen LogP contribution in [0.25, 0.3) is 11.3 Å². The molecule has 38 heavy (non-hydrogen) atoms. The van der Waals surface area contributed by atoms with Crippen molar-refractivity contribution in [3.05, 3.63) is 89.8 Å². The van der Waals surface area contributed by atoms with E-state index in [0.29, 0.717) is 18.2 Å². The van der Waals surface area contributed by atoms with Crippen LogP contribution in [0.15, 0.2) is 89.1 Å². The van der Waals surface area contributed by atoms with Crippen molar-refractivity contribution >= 4 is 45.7 Å². The maximum atomic E-state index is 13.5. The van der Waals surface area contributed by atoms with Crippen molar-refractivity contribution in [2.45, 2.75) is 43.3 Å². The minimum absolute atomic E-state index is 0.00143. The van der Waals surface area contributed by atoms with Gasteiger partial charge < -0.3 is 15.4 Å². The molecule has 196 valence electrons. The Bertz CT molecular complexity index is 1340. The highest BCUT2D eigenvalue weighted by atomic mass is 32.2. The van der Waals surface area contributed by atoms with Gasteiger partial charge in [0, 0.05) is 27.9 Å². The van der Waals surface area contributed by atoms with E-state index in [1.807, 2.05) is 91.2 Å². The summed E-state index contributed by atoms with van der Waals surface area (Å²) in [6.07, 6.45) is 2.32. The number of hydrogen-bond donors (Lipinski definition) is 2. The molecular formula is C30H31N3O3S2. The van der Waals surface area contributed by atoms with E-state index in [-0.39, 0.29) is 11.8 Å². The average molecular weight is 546 g/mol. The van der Waals surface area contributed by atoms with Crippen molar-refractivity contribution in [3.63, 3.8) is 0 Å². The van der Waals surface area contributed by atoms with Gasteiger partial charge in [0.25, 0.3) is 0 Å². The predicted molar refractivity (Wildman–Crippen MR) is 157 cm³/mol. The first kappa shape index (κ1) is 27.4. The van der Waals surface area contributed by atoms with Gasteiger partial charge in [0.15, 0.2) is 5.13 Å². The molecule has 0 saturated carbocycles. The summed E-state index contributed by atoms with van der Waals surface area (Å²) in [6, 6.07) is 25.0. The quantitative estimate of drug-likeness (QED) is 0.178. The highest BCUT2D eigenvalue weighted by Gasteiger charge is 2.23. The second kappa shape index (κ2) is 13.8. The van der Waals surface area contributed by atoms with Crippen molar-refractivity contribution in [3.8, 4) is 17.0 Å². The van der Waals surface area contributed by atoms with Crippen molar-refractivity contribution in [2.75, 3.05) is 17.2 Å². The molecule has 4 aromatic rings. The van der Waals surface area contributed by atoms with E-state index < -0.39 is 5.25 Å². The van der Waals surface area contributed by atoms with E-state index in [1.165, 1.54) is 23.1 Å². The first-order valence-corrected chi connectivity index (χ1v) is 14.4. The monoisotopic (exact) mass is 545 g/mol. The highest BCUT2D eigenvalue weighted by Crippen LogP contribution is 2.38. The summed E-state index contributed by atoms with van der Waals surface area (Å²) in [5.41, 5.74) is 3.36. The van der Waals surface area contributed by atoms with Crippen molar-refractivity contribution in [1.82, 2.24) is 4.98 Å². The van der Waals surface area contributed by atoms with Crippen LogP contribution in [0.2, 0.25) is 0 Å². The summed E-state index contributed by atoms with van der Waals surface area (Å²) in [5.74, 6) is 0.650. The lowest BCUT2D eigenvalue weighted by Crippen LogP contribution is -2.19. The Balaban J connectivity index is 1.48. The molecule has 4 rings (SSSR count). The summed E-state index contributed by atoms with van der Waals surface area (Å²) >= 11 is 2.83. The molecule has 0 fully saturated rings. The summed E-state index contributed by atoms with van der Waals surface area (Å²) in [6.45, 7) is 4.63. The lowest BCUT2D eigenvalue weighted by Gasteiger charge is -2.17. The van der Waals surface area contributed by atoms with E-state index in [0.717, 1.165) is 46.0 Å². The van der Waals surface area contributed by atoms with Crippen LogP contribution in [0.4, 0.5) is 10.8 Å². The molecule has 1 unspecified atom stereocenters. The Hall–Kier alpha value is -3.62. The average Bonchev–Trinajstić information content (AvgIpc) is 3.40. The van der Waals surface area contributed by atoms with Gasteiger partial charge in [0.1, 0.15) is 11.0 Å². The number of anilines is 2. The normalized spacial score (nSPS) is 11.5. The molecule has 0 spiro atoms. The maximum absolute atomic E-state index is 13.5. The summed E-state index contributed by atoms with van der Waals surface area (Å²) < 4.78 is 5.52. The fraction of sp³-hybridized carbons (Fsp3) is 0.233. The van der Waals surface area contributed by atoms with Crippen LogP contribution in [0.1, 0.15) is 43.9 Å². The fourth-order valence-electron chi connectivity index (χ4n) is 3.77. The SMILES string of the molecule is CCCCC(=O)Nc1cccc(SC(C(=O)Nc2nc(-c3ccc(OCC)cc3)cs2)c2ccccc2)c1. The highest BCUT2D eigenvalue weighted by molar-refractivity contribution is 8.00. The number of ether oxygens (including phenoxy) is 1. The molecule has 2 amide bonds. The fourth-order valence-corrected chi connectivity index (χ4v) is 5.57. The zero-order chi connectivity index (χ0) is 26.7. The van der Waals surface area contributed by atoms with Crippen LogP contribution in [0.5, 0.6) is 5.75 Å². The van der Waals surface area contributed by atoms with Gasteiger partial charge >= 0.3 is 0 Å². The van der Waals surface area contributed by atoms with Gasteiger partial charge in [-0.25, -0.2) is 4.98 Å². The number of amides is 2. The summed E-state index contributed by atoms with van der Waals surface area (Å²) in [5, 5.41) is 7.94. The molecule has 0 radical (unpaired) electrons. The third-order valence-corrected chi connectivity index (χ3v) is 7.67. The first-order chi connectivity index (χ1) is 18.6. The van der Waals surface area contributed by atoms with Crippen molar-refractivity contribution < 1.29 is 14.3 Å². The van der Waals surface area contributed by atoms with Crippen LogP contribution in [-0.4, -0.2) is 23.4 Å². The minimum Gasteiger partial charge on any atom is -0.494 e. The largest absolute Gasteiger partial charge is 0.494 e. The Labute approximate surface area is 231 Å². The van der Waals surface area contributed by atoms with Gasteiger partial charge in [-0.3, -0.25) is 9.59 Å². The number of aromatic nitrogens is 1. The molecule has 1 aromatic heterocycles. The molecule has 6 nitrogen and oxygen atoms in total. The Morgan fingerprint density at radius 3 is 2.50 bits per heavy atom. The number of carbonyl (C=O) groups is 2. The van der Waals surface area contributed by atoms with Crippen molar-refractivity contribution in [1.29, 1.82) is 0 Å². The topological polar surface area (TPSA) is 80.3 Å². The van der Waals surface area contributed by atoms with E-state index >= 15 is 0 Å². The number of rotatable bonds is 12. The van der Waals surface area contributed by atoms with Gasteiger partial charge in [-0.05, 0) is 61.4 Å². The van der Waals surface area contributed by atoms with Gasteiger partial charge in [-0.2, -0.15) is 0 Å². The van der Waals surface area contributed by atoms with Gasteiger partial charge in [0.05, 0.1) is 12.3 Å². The summed E-state index contributed by atoms with van der Waals surface area (Å²) in [4.78, 5) is 31.2. The molecule has 0 aliphatic rings. The molecule has 0 aliphatic heterocycles. The van der Waals surface area contributed by atoms with Crippen LogP contribution in [0.3, 0.4) is 0 Å². The number of nitrogens with one attached hydrogen (secondary N) is 2. The van der Waals surface area contributed by atoms with E-state index in [9.17, 15) is 9.59 Å². The van der Waals surface area contributed by atoms with Crippen LogP contribution in [-0.2, 0) is 9.59 Å². The number of unbranched alkanes of at least 4 members (excludes halogenated alkanes) is 1. The zero-order valence-corrected chi connectivity index (χ0v) is 23.1. The summed E-state index contributed by atoms with van der Waals surface area (Å²) in [7, 11) is 0. The van der Waals surface area contributed by atoms with Crippen LogP contribution >= 0.6 is 23.1 Å². The Morgan fingerprint density at radius 1 is 0.974 bits per heavy atom. The van der Waals surface area contributed by atoms with E-state index in [2.05, 4.69) is 22.5 Å². The van der Waals surface area contributed by atoms with Crippen molar-refractivity contribution in [2.24, 2.45) is 0 Å². The Kier molecular flexibility index (Phi) is 9.95. The lowest BCUT2D eigenvalue weighted by atomic mass is 10.1. The minimum atomic E-state index is -0.500.